The van der Waals surface area contributed by atoms with Crippen molar-refractivity contribution in [2.24, 2.45) is 11.8 Å². The van der Waals surface area contributed by atoms with Crippen molar-refractivity contribution in [3.8, 4) is 0 Å². The van der Waals surface area contributed by atoms with E-state index in [1.54, 1.807) is 0 Å². The van der Waals surface area contributed by atoms with Gasteiger partial charge < -0.3 is 40.5 Å². The molecular formula is C16H31O4W2Y2-5. The molecule has 0 fully saturated rings. The van der Waals surface area contributed by atoms with Gasteiger partial charge >= 0.3 is 0 Å². The second-order valence-electron chi connectivity index (χ2n) is 4.27. The second-order valence-corrected chi connectivity index (χ2v) is 4.27. The van der Waals surface area contributed by atoms with Crippen molar-refractivity contribution < 1.29 is 127 Å². The Morgan fingerprint density at radius 2 is 0.875 bits per heavy atom. The van der Waals surface area contributed by atoms with Gasteiger partial charge in [0.1, 0.15) is 0 Å². The van der Waals surface area contributed by atoms with E-state index in [-0.39, 0.29) is 134 Å². The number of carbonyl (C=O) groups excluding carboxylic acids is 4. The van der Waals surface area contributed by atoms with Gasteiger partial charge in [-0.25, -0.2) is 0 Å². The minimum Gasteiger partial charge on any atom is -0.545 e. The van der Waals surface area contributed by atoms with Crippen LogP contribution in [0.1, 0.15) is 48.0 Å². The quantitative estimate of drug-likeness (QED) is 0.322. The van der Waals surface area contributed by atoms with E-state index in [1.165, 1.54) is 0 Å². The number of hydrogen-bond acceptors (Lipinski definition) is 4. The van der Waals surface area contributed by atoms with Gasteiger partial charge in [-0.15, -0.1) is 0 Å². The molecule has 8 heteroatoms. The van der Waals surface area contributed by atoms with E-state index in [0.717, 1.165) is 0 Å². The average Bonchev–Trinajstić information content (AvgIpc) is 2.20. The van der Waals surface area contributed by atoms with Crippen LogP contribution in [-0.2, 0) is 127 Å². The first-order valence-corrected chi connectivity index (χ1v) is 5.42. The van der Waals surface area contributed by atoms with E-state index in [4.69, 9.17) is 9.59 Å². The predicted octanol–water partition coefficient (Wildman–Crippen LogP) is 3.40. The Labute approximate surface area is 229 Å². The predicted molar refractivity (Wildman–Crippen MR) is 86.3 cm³/mol. The first kappa shape index (κ1) is 63.5. The summed E-state index contributed by atoms with van der Waals surface area (Å²) < 4.78 is 0. The van der Waals surface area contributed by atoms with Crippen molar-refractivity contribution in [2.75, 3.05) is 0 Å². The van der Waals surface area contributed by atoms with Crippen molar-refractivity contribution in [2.45, 2.75) is 48.0 Å². The Morgan fingerprint density at radius 3 is 0.875 bits per heavy atom. The third kappa shape index (κ3) is 127. The molecule has 24 heavy (non-hydrogen) atoms. The van der Waals surface area contributed by atoms with Gasteiger partial charge in [0, 0.05) is 108 Å². The Hall–Kier alpha value is 2.00. The van der Waals surface area contributed by atoms with Gasteiger partial charge in [-0.05, 0) is 36.2 Å². The number of Topliss-reactive ketones (excluding diaryl/α,β-unsaturated/α-hetero) is 2. The molecule has 0 aliphatic carbocycles. The van der Waals surface area contributed by atoms with E-state index in [9.17, 15) is 9.59 Å². The molecule has 0 aliphatic rings. The summed E-state index contributed by atoms with van der Waals surface area (Å²) in [7, 11) is 0. The van der Waals surface area contributed by atoms with Crippen LogP contribution in [-0.4, -0.2) is 25.1 Å². The molecule has 0 aliphatic heterocycles. The topological polar surface area (TPSA) is 68.3 Å². The molecule has 0 saturated carbocycles. The SMILES string of the molecule is C.[CH-]=O.[CH-]=O.[CH2-]C(=O)CC(C)C.[CH2-]C(=O)CC(C)C.[CH3-].[W].[W].[Y].[Y]. The summed E-state index contributed by atoms with van der Waals surface area (Å²) >= 11 is 0. The number of rotatable bonds is 4. The zero-order chi connectivity index (χ0) is 15.7. The molecule has 0 bridgehead atoms. The number of ketones is 2. The first-order valence-electron chi connectivity index (χ1n) is 5.42. The van der Waals surface area contributed by atoms with Crippen molar-refractivity contribution in [3.63, 3.8) is 0 Å². The van der Waals surface area contributed by atoms with E-state index in [2.05, 4.69) is 27.4 Å². The summed E-state index contributed by atoms with van der Waals surface area (Å²) in [6.07, 6.45) is 1.22. The summed E-state index contributed by atoms with van der Waals surface area (Å²) in [5, 5.41) is 0. The molecule has 0 N–H and O–H groups in total. The molecule has 0 aromatic rings. The van der Waals surface area contributed by atoms with Gasteiger partial charge in [0.25, 0.3) is 0 Å². The minimum absolute atomic E-state index is 0. The zero-order valence-corrected chi connectivity index (χ0v) is 26.3. The summed E-state index contributed by atoms with van der Waals surface area (Å²) in [5.41, 5.74) is 0. The largest absolute Gasteiger partial charge is 0.545 e. The molecule has 0 atom stereocenters. The van der Waals surface area contributed by atoms with E-state index >= 15 is 0 Å². The van der Waals surface area contributed by atoms with Crippen LogP contribution in [0, 0.1) is 33.1 Å². The van der Waals surface area contributed by atoms with Crippen LogP contribution in [0.3, 0.4) is 0 Å². The molecule has 0 unspecified atom stereocenters. The fraction of sp³-hybridized carbons (Fsp3) is 0.562. The smallest absolute Gasteiger partial charge is 0 e. The van der Waals surface area contributed by atoms with Gasteiger partial charge in [0.2, 0.25) is 0 Å². The molecule has 0 saturated heterocycles. The molecule has 0 aromatic heterocycles. The maximum atomic E-state index is 10.1. The Morgan fingerprint density at radius 1 is 0.750 bits per heavy atom. The zero-order valence-electron chi connectivity index (χ0n) is 14.7. The van der Waals surface area contributed by atoms with Crippen molar-refractivity contribution in [1.29, 1.82) is 0 Å². The normalized spacial score (nSPS) is 5.92. The molecule has 0 amide bonds. The molecule has 142 valence electrons. The first-order chi connectivity index (χ1) is 8.25. The molecule has 0 rings (SSSR count). The maximum absolute atomic E-state index is 10.1. The van der Waals surface area contributed by atoms with Crippen molar-refractivity contribution >= 4 is 25.1 Å². The molecular weight excluding hydrogens is 802 g/mol. The maximum Gasteiger partial charge on any atom is 0 e. The van der Waals surface area contributed by atoms with Gasteiger partial charge in [-0.1, -0.05) is 35.1 Å². The van der Waals surface area contributed by atoms with E-state index < -0.39 is 0 Å². The summed E-state index contributed by atoms with van der Waals surface area (Å²) in [6.45, 7) is 21.0. The monoisotopic (exact) mass is 833 g/mol. The van der Waals surface area contributed by atoms with Gasteiger partial charge in [0.15, 0.2) is 0 Å². The van der Waals surface area contributed by atoms with Gasteiger partial charge in [-0.3, -0.25) is 13.6 Å². The second kappa shape index (κ2) is 56.2. The number of hydrogen-bond donors (Lipinski definition) is 0. The third-order valence-electron chi connectivity index (χ3n) is 1.27. The molecule has 4 nitrogen and oxygen atoms in total. The Kier molecular flexibility index (Phi) is 149. The summed E-state index contributed by atoms with van der Waals surface area (Å²) in [5.74, 6) is 1.00. The van der Waals surface area contributed by atoms with E-state index in [0.29, 0.717) is 24.7 Å². The Bertz CT molecular complexity index is 196. The van der Waals surface area contributed by atoms with Crippen LogP contribution in [0.5, 0.6) is 0 Å². The van der Waals surface area contributed by atoms with Crippen LogP contribution < -0.4 is 0 Å². The van der Waals surface area contributed by atoms with Gasteiger partial charge in [0.05, 0.1) is 0 Å². The molecule has 0 heterocycles. The van der Waals surface area contributed by atoms with Crippen LogP contribution in [0.15, 0.2) is 0 Å². The fourth-order valence-corrected chi connectivity index (χ4v) is 0.911. The fourth-order valence-electron chi connectivity index (χ4n) is 0.911. The average molecular weight is 833 g/mol. The van der Waals surface area contributed by atoms with Crippen LogP contribution in [0.2, 0.25) is 0 Å². The Balaban J connectivity index is -0.0000000139. The number of carbonyl (C=O) groups is 2. The third-order valence-corrected chi connectivity index (χ3v) is 1.27. The van der Waals surface area contributed by atoms with Gasteiger partial charge in [-0.2, -0.15) is 0 Å². The van der Waals surface area contributed by atoms with Crippen LogP contribution in [0.4, 0.5) is 0 Å². The van der Waals surface area contributed by atoms with Crippen molar-refractivity contribution in [3.05, 3.63) is 21.3 Å². The molecule has 0 aromatic carbocycles. The minimum atomic E-state index is 0. The van der Waals surface area contributed by atoms with E-state index in [1.807, 2.05) is 27.7 Å². The summed E-state index contributed by atoms with van der Waals surface area (Å²) in [6, 6.07) is 0. The molecule has 0 spiro atoms. The standard InChI is InChI=1S/2C6H11O.2CHO.CH4.CH3.2W.2Y/c2*1-5(2)4-6(3)7;2*1-2;;;;;;/h2*5H,3-4H2,1-2H3;2*1H;1H4;1H3;;;;/q4*-1;;-1;;;;. The van der Waals surface area contributed by atoms with Crippen LogP contribution in [0.25, 0.3) is 0 Å². The summed E-state index contributed by atoms with van der Waals surface area (Å²) in [4.78, 5) is 35.8. The van der Waals surface area contributed by atoms with Crippen molar-refractivity contribution in [1.82, 2.24) is 0 Å². The molecule has 2 radical (unpaired) electrons. The van der Waals surface area contributed by atoms with Crippen LogP contribution >= 0.6 is 0 Å².